The Kier molecular flexibility index (Phi) is 7.07. The van der Waals surface area contributed by atoms with Crippen LogP contribution in [0.25, 0.3) is 10.8 Å². The molecule has 1 N–H and O–H groups in total. The standard InChI is InChI=1S/C26H16Cl2FN3O2/c27-22-10-17(14-31-32-26(33)21-9-8-16(13-30)12-24(21)29)11-23(28)25(22)34-15-19-6-3-5-18-4-1-2-7-20(18)19/h1-12,14H,15H2,(H,32,33). The second-order valence-electron chi connectivity index (χ2n) is 7.25. The number of hydrogen-bond donors (Lipinski definition) is 1. The van der Waals surface area contributed by atoms with Crippen LogP contribution in [0.4, 0.5) is 4.39 Å². The number of nitrogens with zero attached hydrogens (tertiary/aromatic N) is 2. The second kappa shape index (κ2) is 10.3. The van der Waals surface area contributed by atoms with Crippen molar-refractivity contribution in [1.29, 1.82) is 5.26 Å². The van der Waals surface area contributed by atoms with Gasteiger partial charge in [-0.1, -0.05) is 65.7 Å². The summed E-state index contributed by atoms with van der Waals surface area (Å²) >= 11 is 12.7. The van der Waals surface area contributed by atoms with Crippen LogP contribution >= 0.6 is 23.2 Å². The second-order valence-corrected chi connectivity index (χ2v) is 8.06. The first-order chi connectivity index (χ1) is 16.5. The number of nitriles is 1. The van der Waals surface area contributed by atoms with E-state index in [4.69, 9.17) is 33.2 Å². The quantitative estimate of drug-likeness (QED) is 0.247. The van der Waals surface area contributed by atoms with Crippen molar-refractivity contribution in [2.45, 2.75) is 6.61 Å². The van der Waals surface area contributed by atoms with Crippen LogP contribution in [-0.4, -0.2) is 12.1 Å². The Bertz CT molecular complexity index is 1440. The van der Waals surface area contributed by atoms with Crippen molar-refractivity contribution in [2.75, 3.05) is 0 Å². The van der Waals surface area contributed by atoms with Gasteiger partial charge in [0.15, 0.2) is 5.75 Å². The summed E-state index contributed by atoms with van der Waals surface area (Å²) in [6.45, 7) is 0.278. The Morgan fingerprint density at radius 2 is 1.79 bits per heavy atom. The van der Waals surface area contributed by atoms with E-state index in [-0.39, 0.29) is 27.8 Å². The third kappa shape index (κ3) is 5.18. The van der Waals surface area contributed by atoms with Crippen LogP contribution in [0.15, 0.2) is 77.9 Å². The van der Waals surface area contributed by atoms with Crippen LogP contribution in [0.5, 0.6) is 5.75 Å². The lowest BCUT2D eigenvalue weighted by Gasteiger charge is -2.12. The third-order valence-corrected chi connectivity index (χ3v) is 5.56. The molecule has 0 aliphatic heterocycles. The maximum absolute atomic E-state index is 14.0. The Labute approximate surface area is 205 Å². The summed E-state index contributed by atoms with van der Waals surface area (Å²) in [5, 5.41) is 15.4. The van der Waals surface area contributed by atoms with Crippen molar-refractivity contribution in [1.82, 2.24) is 5.43 Å². The normalized spacial score (nSPS) is 10.9. The molecule has 4 aromatic carbocycles. The van der Waals surface area contributed by atoms with Crippen LogP contribution in [0.3, 0.4) is 0 Å². The first-order valence-corrected chi connectivity index (χ1v) is 10.8. The van der Waals surface area contributed by atoms with Gasteiger partial charge >= 0.3 is 0 Å². The lowest BCUT2D eigenvalue weighted by Crippen LogP contribution is -2.19. The van der Waals surface area contributed by atoms with E-state index in [0.29, 0.717) is 11.3 Å². The molecule has 0 aromatic heterocycles. The first kappa shape index (κ1) is 23.2. The molecule has 0 atom stereocenters. The molecule has 0 heterocycles. The number of halogens is 3. The van der Waals surface area contributed by atoms with Crippen molar-refractivity contribution >= 4 is 46.1 Å². The van der Waals surface area contributed by atoms with Crippen molar-refractivity contribution in [3.05, 3.63) is 111 Å². The highest BCUT2D eigenvalue weighted by Gasteiger charge is 2.13. The Hall–Kier alpha value is -3.92. The van der Waals surface area contributed by atoms with Gasteiger partial charge in [-0.25, -0.2) is 9.82 Å². The number of amides is 1. The molecule has 8 heteroatoms. The Morgan fingerprint density at radius 3 is 2.53 bits per heavy atom. The van der Waals surface area contributed by atoms with Gasteiger partial charge in [-0.05, 0) is 52.2 Å². The van der Waals surface area contributed by atoms with Crippen molar-refractivity contribution in [2.24, 2.45) is 5.10 Å². The summed E-state index contributed by atoms with van der Waals surface area (Å²) in [5.41, 5.74) is 3.62. The maximum Gasteiger partial charge on any atom is 0.274 e. The molecule has 168 valence electrons. The van der Waals surface area contributed by atoms with E-state index >= 15 is 0 Å². The summed E-state index contributed by atoms with van der Waals surface area (Å²) in [6.07, 6.45) is 1.33. The monoisotopic (exact) mass is 491 g/mol. The smallest absolute Gasteiger partial charge is 0.274 e. The number of ether oxygens (including phenoxy) is 1. The van der Waals surface area contributed by atoms with Gasteiger partial charge in [0.2, 0.25) is 0 Å². The van der Waals surface area contributed by atoms with Gasteiger partial charge in [-0.15, -0.1) is 0 Å². The lowest BCUT2D eigenvalue weighted by atomic mass is 10.1. The highest BCUT2D eigenvalue weighted by atomic mass is 35.5. The number of hydrazone groups is 1. The van der Waals surface area contributed by atoms with E-state index in [0.717, 1.165) is 22.4 Å². The maximum atomic E-state index is 14.0. The molecule has 4 aromatic rings. The predicted molar refractivity (Wildman–Crippen MR) is 131 cm³/mol. The molecular formula is C26H16Cl2FN3O2. The van der Waals surface area contributed by atoms with E-state index < -0.39 is 11.7 Å². The Balaban J connectivity index is 1.44. The number of hydrogen-bond acceptors (Lipinski definition) is 4. The number of benzene rings is 4. The van der Waals surface area contributed by atoms with Crippen LogP contribution in [0.2, 0.25) is 10.0 Å². The third-order valence-electron chi connectivity index (χ3n) is 5.00. The van der Waals surface area contributed by atoms with Crippen LogP contribution < -0.4 is 10.2 Å². The van der Waals surface area contributed by atoms with E-state index in [1.165, 1.54) is 18.3 Å². The van der Waals surface area contributed by atoms with Gasteiger partial charge in [0.1, 0.15) is 12.4 Å². The Morgan fingerprint density at radius 1 is 1.06 bits per heavy atom. The number of carbonyl (C=O) groups excluding carboxylic acids is 1. The van der Waals surface area contributed by atoms with Crippen molar-refractivity contribution in [3.8, 4) is 11.8 Å². The predicted octanol–water partition coefficient (Wildman–Crippen LogP) is 6.50. The molecule has 0 spiro atoms. The molecule has 0 fully saturated rings. The highest BCUT2D eigenvalue weighted by Crippen LogP contribution is 2.35. The van der Waals surface area contributed by atoms with E-state index in [1.54, 1.807) is 18.2 Å². The molecule has 0 bridgehead atoms. The molecule has 0 unspecified atom stereocenters. The summed E-state index contributed by atoms with van der Waals surface area (Å²) in [7, 11) is 0. The van der Waals surface area contributed by atoms with E-state index in [1.807, 2.05) is 42.5 Å². The molecule has 5 nitrogen and oxygen atoms in total. The molecule has 1 amide bonds. The first-order valence-electron chi connectivity index (χ1n) is 10.1. The fourth-order valence-corrected chi connectivity index (χ4v) is 3.97. The molecule has 0 saturated heterocycles. The molecule has 0 radical (unpaired) electrons. The molecule has 0 aliphatic rings. The molecule has 4 rings (SSSR count). The van der Waals surface area contributed by atoms with Gasteiger partial charge in [0, 0.05) is 0 Å². The lowest BCUT2D eigenvalue weighted by molar-refractivity contribution is 0.0951. The van der Waals surface area contributed by atoms with Gasteiger partial charge in [-0.3, -0.25) is 4.79 Å². The van der Waals surface area contributed by atoms with Crippen LogP contribution in [-0.2, 0) is 6.61 Å². The van der Waals surface area contributed by atoms with E-state index in [9.17, 15) is 9.18 Å². The van der Waals surface area contributed by atoms with Crippen molar-refractivity contribution in [3.63, 3.8) is 0 Å². The van der Waals surface area contributed by atoms with Crippen LogP contribution in [0.1, 0.15) is 27.0 Å². The van der Waals surface area contributed by atoms with Gasteiger partial charge in [0.05, 0.1) is 33.5 Å². The van der Waals surface area contributed by atoms with E-state index in [2.05, 4.69) is 10.5 Å². The zero-order valence-corrected chi connectivity index (χ0v) is 19.1. The minimum absolute atomic E-state index is 0.115. The number of rotatable bonds is 6. The average Bonchev–Trinajstić information content (AvgIpc) is 2.83. The molecular weight excluding hydrogens is 476 g/mol. The summed E-state index contributed by atoms with van der Waals surface area (Å²) in [4.78, 5) is 12.1. The molecule has 34 heavy (non-hydrogen) atoms. The zero-order chi connectivity index (χ0) is 24.1. The van der Waals surface area contributed by atoms with Crippen LogP contribution in [0, 0.1) is 17.1 Å². The van der Waals surface area contributed by atoms with Gasteiger partial charge < -0.3 is 4.74 Å². The number of fused-ring (bicyclic) bond motifs is 1. The minimum Gasteiger partial charge on any atom is -0.486 e. The van der Waals surface area contributed by atoms with Crippen molar-refractivity contribution < 1.29 is 13.9 Å². The van der Waals surface area contributed by atoms with Gasteiger partial charge in [0.25, 0.3) is 5.91 Å². The summed E-state index contributed by atoms with van der Waals surface area (Å²) in [6, 6.07) is 22.5. The largest absolute Gasteiger partial charge is 0.486 e. The topological polar surface area (TPSA) is 74.5 Å². The zero-order valence-electron chi connectivity index (χ0n) is 17.6. The summed E-state index contributed by atoms with van der Waals surface area (Å²) < 4.78 is 19.9. The average molecular weight is 492 g/mol. The fourth-order valence-electron chi connectivity index (χ4n) is 3.35. The number of nitrogens with one attached hydrogen (secondary N) is 1. The molecule has 0 saturated carbocycles. The SMILES string of the molecule is N#Cc1ccc(C(=O)NN=Cc2cc(Cl)c(OCc3cccc4ccccc34)c(Cl)c2)c(F)c1. The number of carbonyl (C=O) groups is 1. The van der Waals surface area contributed by atoms with Gasteiger partial charge in [-0.2, -0.15) is 10.4 Å². The summed E-state index contributed by atoms with van der Waals surface area (Å²) in [5.74, 6) is -1.24. The fraction of sp³-hybridized carbons (Fsp3) is 0.0385. The highest BCUT2D eigenvalue weighted by molar-refractivity contribution is 6.37. The molecule has 0 aliphatic carbocycles. The minimum atomic E-state index is -0.814.